The lowest BCUT2D eigenvalue weighted by Crippen LogP contribution is -2.50. The minimum atomic E-state index is -0.285. The molecule has 0 radical (unpaired) electrons. The zero-order chi connectivity index (χ0) is 24.7. The fraction of sp³-hybridized carbons (Fsp3) is 0.333. The predicted molar refractivity (Wildman–Crippen MR) is 137 cm³/mol. The number of nitrogens with zero attached hydrogens (tertiary/aromatic N) is 6. The van der Waals surface area contributed by atoms with Crippen molar-refractivity contribution in [3.63, 3.8) is 0 Å². The molecule has 0 bridgehead atoms. The summed E-state index contributed by atoms with van der Waals surface area (Å²) >= 11 is 0. The molecule has 1 aliphatic rings. The lowest BCUT2D eigenvalue weighted by molar-refractivity contribution is -0.132. The highest BCUT2D eigenvalue weighted by Crippen LogP contribution is 2.24. The van der Waals surface area contributed by atoms with Crippen molar-refractivity contribution < 1.29 is 4.79 Å². The van der Waals surface area contributed by atoms with Gasteiger partial charge in [-0.2, -0.15) is 10.2 Å². The summed E-state index contributed by atoms with van der Waals surface area (Å²) in [6.45, 7) is 10.7. The number of anilines is 1. The van der Waals surface area contributed by atoms with Gasteiger partial charge in [0.2, 0.25) is 5.91 Å². The molecule has 2 aromatic carbocycles. The number of aromatic nitrogens is 4. The van der Waals surface area contributed by atoms with Gasteiger partial charge in [-0.3, -0.25) is 9.59 Å². The molecular weight excluding hydrogens is 440 g/mol. The van der Waals surface area contributed by atoms with Gasteiger partial charge in [0, 0.05) is 31.9 Å². The molecule has 1 fully saturated rings. The third kappa shape index (κ3) is 4.09. The highest BCUT2D eigenvalue weighted by molar-refractivity contribution is 5.83. The molecule has 3 heterocycles. The highest BCUT2D eigenvalue weighted by Gasteiger charge is 2.24. The van der Waals surface area contributed by atoms with Crippen LogP contribution >= 0.6 is 0 Å². The lowest BCUT2D eigenvalue weighted by atomic mass is 10.1. The van der Waals surface area contributed by atoms with Crippen LogP contribution < -0.4 is 10.5 Å². The number of carbonyl (C=O) groups excluding carboxylic acids is 1. The van der Waals surface area contributed by atoms with Crippen molar-refractivity contribution in [2.75, 3.05) is 31.1 Å². The number of benzene rings is 2. The summed E-state index contributed by atoms with van der Waals surface area (Å²) in [7, 11) is 0. The van der Waals surface area contributed by atoms with Crippen molar-refractivity contribution in [3.8, 4) is 5.69 Å². The van der Waals surface area contributed by atoms with Crippen LogP contribution in [0.15, 0.2) is 53.3 Å². The maximum Gasteiger partial charge on any atom is 0.278 e. The monoisotopic (exact) mass is 470 g/mol. The summed E-state index contributed by atoms with van der Waals surface area (Å²) in [4.78, 5) is 30.6. The minimum absolute atomic E-state index is 0.0744. The van der Waals surface area contributed by atoms with E-state index in [9.17, 15) is 9.59 Å². The van der Waals surface area contributed by atoms with E-state index in [1.54, 1.807) is 4.68 Å². The Bertz CT molecular complexity index is 1460. The SMILES string of the molecule is Cc1cccc(N2CCN(C(=O)Cn3nc(C)c4nn(-c5ccccc5)c(C)c4c3=O)CC2)c1C. The third-order valence-electron chi connectivity index (χ3n) is 7.01. The van der Waals surface area contributed by atoms with Crippen molar-refractivity contribution in [2.45, 2.75) is 34.2 Å². The van der Waals surface area contributed by atoms with Gasteiger partial charge in [0.05, 0.1) is 22.5 Å². The number of piperazine rings is 1. The Balaban J connectivity index is 1.36. The third-order valence-corrected chi connectivity index (χ3v) is 7.01. The summed E-state index contributed by atoms with van der Waals surface area (Å²) in [6.07, 6.45) is 0. The normalized spacial score (nSPS) is 14.1. The summed E-state index contributed by atoms with van der Waals surface area (Å²) in [6, 6.07) is 16.0. The van der Waals surface area contributed by atoms with E-state index in [2.05, 4.69) is 47.1 Å². The number of amides is 1. The molecule has 180 valence electrons. The van der Waals surface area contributed by atoms with Crippen molar-refractivity contribution in [2.24, 2.45) is 0 Å². The number of hydrogen-bond donors (Lipinski definition) is 0. The number of fused-ring (bicyclic) bond motifs is 1. The summed E-state index contributed by atoms with van der Waals surface area (Å²) in [5, 5.41) is 9.59. The summed E-state index contributed by atoms with van der Waals surface area (Å²) in [5.41, 5.74) is 6.30. The van der Waals surface area contributed by atoms with Gasteiger partial charge in [0.25, 0.3) is 5.56 Å². The fourth-order valence-corrected chi connectivity index (χ4v) is 4.85. The minimum Gasteiger partial charge on any atom is -0.368 e. The van der Waals surface area contributed by atoms with Crippen LogP contribution in [0.3, 0.4) is 0 Å². The van der Waals surface area contributed by atoms with Crippen LogP contribution in [0.4, 0.5) is 5.69 Å². The number of aryl methyl sites for hydroxylation is 3. The maximum absolute atomic E-state index is 13.3. The molecule has 1 aliphatic heterocycles. The van der Waals surface area contributed by atoms with Gasteiger partial charge in [-0.15, -0.1) is 0 Å². The first-order chi connectivity index (χ1) is 16.8. The highest BCUT2D eigenvalue weighted by atomic mass is 16.2. The molecule has 4 aromatic rings. The van der Waals surface area contributed by atoms with Crippen molar-refractivity contribution in [3.05, 3.63) is 81.4 Å². The van der Waals surface area contributed by atoms with Crippen molar-refractivity contribution in [1.82, 2.24) is 24.5 Å². The van der Waals surface area contributed by atoms with Gasteiger partial charge >= 0.3 is 0 Å². The van der Waals surface area contributed by atoms with Crippen LogP contribution in [0.2, 0.25) is 0 Å². The molecule has 0 saturated carbocycles. The van der Waals surface area contributed by atoms with E-state index in [0.29, 0.717) is 29.7 Å². The molecule has 5 rings (SSSR count). The Morgan fingerprint density at radius 3 is 2.31 bits per heavy atom. The van der Waals surface area contributed by atoms with E-state index in [4.69, 9.17) is 0 Å². The summed E-state index contributed by atoms with van der Waals surface area (Å²) in [5.74, 6) is -0.0907. The number of rotatable bonds is 4. The molecule has 8 heteroatoms. The Hall–Kier alpha value is -3.94. The van der Waals surface area contributed by atoms with Gasteiger partial charge < -0.3 is 9.80 Å². The zero-order valence-corrected chi connectivity index (χ0v) is 20.7. The van der Waals surface area contributed by atoms with Crippen molar-refractivity contribution >= 4 is 22.5 Å². The second-order valence-electron chi connectivity index (χ2n) is 9.19. The van der Waals surface area contributed by atoms with E-state index in [1.165, 1.54) is 21.5 Å². The average Bonchev–Trinajstić information content (AvgIpc) is 3.22. The molecule has 1 saturated heterocycles. The molecular formula is C27H30N6O2. The van der Waals surface area contributed by atoms with Gasteiger partial charge in [-0.25, -0.2) is 9.36 Å². The van der Waals surface area contributed by atoms with E-state index < -0.39 is 0 Å². The van der Waals surface area contributed by atoms with Crippen LogP contribution in [-0.4, -0.2) is 56.5 Å². The topological polar surface area (TPSA) is 76.3 Å². The van der Waals surface area contributed by atoms with Gasteiger partial charge in [0.15, 0.2) is 0 Å². The fourth-order valence-electron chi connectivity index (χ4n) is 4.85. The molecule has 2 aromatic heterocycles. The number of para-hydroxylation sites is 1. The lowest BCUT2D eigenvalue weighted by Gasteiger charge is -2.37. The van der Waals surface area contributed by atoms with E-state index >= 15 is 0 Å². The van der Waals surface area contributed by atoms with Crippen LogP contribution in [0, 0.1) is 27.7 Å². The van der Waals surface area contributed by atoms with E-state index in [0.717, 1.165) is 24.5 Å². The maximum atomic E-state index is 13.3. The molecule has 0 unspecified atom stereocenters. The second kappa shape index (κ2) is 9.02. The first-order valence-electron chi connectivity index (χ1n) is 12.0. The van der Waals surface area contributed by atoms with Gasteiger partial charge in [-0.1, -0.05) is 30.3 Å². The zero-order valence-electron chi connectivity index (χ0n) is 20.7. The Kier molecular flexibility index (Phi) is 5.88. The molecule has 0 spiro atoms. The average molecular weight is 471 g/mol. The molecule has 1 amide bonds. The molecule has 0 aliphatic carbocycles. The number of carbonyl (C=O) groups is 1. The van der Waals surface area contributed by atoms with Crippen LogP contribution in [0.25, 0.3) is 16.6 Å². The molecule has 35 heavy (non-hydrogen) atoms. The smallest absolute Gasteiger partial charge is 0.278 e. The Morgan fingerprint density at radius 1 is 0.886 bits per heavy atom. The summed E-state index contributed by atoms with van der Waals surface area (Å²) < 4.78 is 3.06. The van der Waals surface area contributed by atoms with E-state index in [-0.39, 0.29) is 18.0 Å². The van der Waals surface area contributed by atoms with Gasteiger partial charge in [0.1, 0.15) is 12.1 Å². The first-order valence-corrected chi connectivity index (χ1v) is 12.0. The largest absolute Gasteiger partial charge is 0.368 e. The predicted octanol–water partition coefficient (Wildman–Crippen LogP) is 3.16. The van der Waals surface area contributed by atoms with Crippen molar-refractivity contribution in [1.29, 1.82) is 0 Å². The van der Waals surface area contributed by atoms with E-state index in [1.807, 2.05) is 49.1 Å². The first kappa shape index (κ1) is 22.8. The molecule has 0 atom stereocenters. The van der Waals surface area contributed by atoms with Crippen LogP contribution in [-0.2, 0) is 11.3 Å². The second-order valence-corrected chi connectivity index (χ2v) is 9.19. The Morgan fingerprint density at radius 2 is 1.60 bits per heavy atom. The Labute approximate surface area is 204 Å². The quantitative estimate of drug-likeness (QED) is 0.458. The van der Waals surface area contributed by atoms with Crippen LogP contribution in [0.5, 0.6) is 0 Å². The van der Waals surface area contributed by atoms with Gasteiger partial charge in [-0.05, 0) is 57.0 Å². The number of hydrogen-bond acceptors (Lipinski definition) is 5. The van der Waals surface area contributed by atoms with Crippen LogP contribution in [0.1, 0.15) is 22.5 Å². The molecule has 0 N–H and O–H groups in total. The molecule has 8 nitrogen and oxygen atoms in total. The standard InChI is InChI=1S/C27H30N6O2/c1-18-9-8-12-23(19(18)2)30-13-15-31(16-14-30)24(34)17-32-27(35)25-21(4)33(22-10-6-5-7-11-22)29-26(25)20(3)28-32/h5-12H,13-17H2,1-4H3.